The number of aromatic nitrogens is 2. The first-order chi connectivity index (χ1) is 14.9. The van der Waals surface area contributed by atoms with E-state index in [-0.39, 0.29) is 30.0 Å². The Morgan fingerprint density at radius 2 is 1.81 bits per heavy atom. The summed E-state index contributed by atoms with van der Waals surface area (Å²) in [5.41, 5.74) is 1.65. The number of hydrogen-bond acceptors (Lipinski definition) is 5. The molecule has 162 valence electrons. The van der Waals surface area contributed by atoms with Gasteiger partial charge in [0, 0.05) is 24.3 Å². The van der Waals surface area contributed by atoms with Crippen molar-refractivity contribution in [3.05, 3.63) is 64.7 Å². The molecule has 0 spiro atoms. The highest BCUT2D eigenvalue weighted by Crippen LogP contribution is 2.16. The van der Waals surface area contributed by atoms with Crippen LogP contribution in [0.5, 0.6) is 0 Å². The normalized spacial score (nSPS) is 12.0. The number of aromatic amines is 1. The molecule has 8 nitrogen and oxygen atoms in total. The molecule has 3 rings (SSSR count). The Labute approximate surface area is 180 Å². The molecule has 3 aromatic rings. The number of carbonyl (C=O) groups excluding carboxylic acids is 2. The van der Waals surface area contributed by atoms with E-state index >= 15 is 0 Å². The van der Waals surface area contributed by atoms with Crippen LogP contribution in [-0.2, 0) is 16.1 Å². The molecule has 8 heteroatoms. The van der Waals surface area contributed by atoms with Crippen molar-refractivity contribution in [2.45, 2.75) is 39.8 Å². The first-order valence-corrected chi connectivity index (χ1v) is 10.2. The zero-order valence-electron chi connectivity index (χ0n) is 17.9. The quantitative estimate of drug-likeness (QED) is 0.518. The minimum atomic E-state index is -0.191. The Kier molecular flexibility index (Phi) is 7.15. The number of H-pyrrole nitrogens is 1. The van der Waals surface area contributed by atoms with Crippen LogP contribution < -0.4 is 16.2 Å². The number of amides is 2. The monoisotopic (exact) mass is 421 g/mol. The van der Waals surface area contributed by atoms with Gasteiger partial charge in [-0.15, -0.1) is 0 Å². The van der Waals surface area contributed by atoms with Gasteiger partial charge < -0.3 is 15.6 Å². The smallest absolute Gasteiger partial charge is 0.258 e. The van der Waals surface area contributed by atoms with E-state index in [1.54, 1.807) is 42.5 Å². The Hall–Kier alpha value is -3.52. The standard InChI is InChI=1S/C23H27N5O3/c1-4-15(2)28(13-21-26-20-11-6-5-10-19(20)23(31)27-21)14-22(30)25-18-9-7-8-17(12-18)24-16(3)29/h5-12,15H,4,13-14H2,1-3H3,(H,24,29)(H,25,30)(H,26,27,31). The summed E-state index contributed by atoms with van der Waals surface area (Å²) in [6.07, 6.45) is 0.836. The molecule has 0 saturated carbocycles. The lowest BCUT2D eigenvalue weighted by molar-refractivity contribution is -0.118. The fourth-order valence-corrected chi connectivity index (χ4v) is 3.29. The zero-order chi connectivity index (χ0) is 22.4. The van der Waals surface area contributed by atoms with E-state index in [1.807, 2.05) is 24.8 Å². The summed E-state index contributed by atoms with van der Waals surface area (Å²) in [4.78, 5) is 45.7. The summed E-state index contributed by atoms with van der Waals surface area (Å²) in [7, 11) is 0. The van der Waals surface area contributed by atoms with Crippen LogP contribution in [0.4, 0.5) is 11.4 Å². The van der Waals surface area contributed by atoms with Crippen molar-refractivity contribution in [1.29, 1.82) is 0 Å². The van der Waals surface area contributed by atoms with Crippen LogP contribution in [0.25, 0.3) is 10.9 Å². The lowest BCUT2D eigenvalue weighted by atomic mass is 10.2. The van der Waals surface area contributed by atoms with Crippen LogP contribution in [0, 0.1) is 0 Å². The third kappa shape index (κ3) is 5.99. The molecule has 0 saturated heterocycles. The fourth-order valence-electron chi connectivity index (χ4n) is 3.29. The molecular formula is C23H27N5O3. The Morgan fingerprint density at radius 3 is 2.52 bits per heavy atom. The van der Waals surface area contributed by atoms with E-state index in [9.17, 15) is 14.4 Å². The summed E-state index contributed by atoms with van der Waals surface area (Å²) in [5.74, 6) is 0.149. The minimum Gasteiger partial charge on any atom is -0.326 e. The van der Waals surface area contributed by atoms with Gasteiger partial charge in [-0.25, -0.2) is 4.98 Å². The van der Waals surface area contributed by atoms with Gasteiger partial charge >= 0.3 is 0 Å². The van der Waals surface area contributed by atoms with Crippen LogP contribution in [0.15, 0.2) is 53.3 Å². The van der Waals surface area contributed by atoms with E-state index in [1.165, 1.54) is 6.92 Å². The molecule has 1 heterocycles. The molecule has 0 fully saturated rings. The molecule has 0 radical (unpaired) electrons. The Balaban J connectivity index is 1.74. The molecule has 3 N–H and O–H groups in total. The highest BCUT2D eigenvalue weighted by molar-refractivity contribution is 5.94. The van der Waals surface area contributed by atoms with Gasteiger partial charge in [-0.2, -0.15) is 0 Å². The van der Waals surface area contributed by atoms with Crippen molar-refractivity contribution >= 4 is 34.1 Å². The maximum atomic E-state index is 12.7. The van der Waals surface area contributed by atoms with Crippen molar-refractivity contribution in [2.24, 2.45) is 0 Å². The van der Waals surface area contributed by atoms with E-state index in [0.29, 0.717) is 34.6 Å². The molecule has 0 bridgehead atoms. The van der Waals surface area contributed by atoms with E-state index in [0.717, 1.165) is 6.42 Å². The Morgan fingerprint density at radius 1 is 1.10 bits per heavy atom. The second kappa shape index (κ2) is 9.99. The number of nitrogens with zero attached hydrogens (tertiary/aromatic N) is 2. The predicted molar refractivity (Wildman–Crippen MR) is 122 cm³/mol. The number of hydrogen-bond donors (Lipinski definition) is 3. The molecule has 1 atom stereocenters. The number of anilines is 2. The molecule has 0 aliphatic carbocycles. The second-order valence-corrected chi connectivity index (χ2v) is 7.50. The summed E-state index contributed by atoms with van der Waals surface area (Å²) in [6.45, 7) is 5.98. The minimum absolute atomic E-state index is 0.105. The van der Waals surface area contributed by atoms with Gasteiger partial charge in [-0.05, 0) is 43.7 Å². The third-order valence-corrected chi connectivity index (χ3v) is 5.04. The molecule has 31 heavy (non-hydrogen) atoms. The molecule has 2 aromatic carbocycles. The van der Waals surface area contributed by atoms with Gasteiger partial charge in [-0.1, -0.05) is 25.1 Å². The SMILES string of the molecule is CCC(C)N(CC(=O)Nc1cccc(NC(C)=O)c1)Cc1nc2ccccc2c(=O)[nH]1. The number of fused-ring (bicyclic) bond motifs is 1. The fraction of sp³-hybridized carbons (Fsp3) is 0.304. The van der Waals surface area contributed by atoms with E-state index in [2.05, 4.69) is 20.6 Å². The highest BCUT2D eigenvalue weighted by atomic mass is 16.2. The number of para-hydroxylation sites is 1. The predicted octanol–water partition coefficient (Wildman–Crippen LogP) is 3.12. The summed E-state index contributed by atoms with van der Waals surface area (Å²) < 4.78 is 0. The Bertz CT molecular complexity index is 1140. The van der Waals surface area contributed by atoms with Crippen LogP contribution in [0.2, 0.25) is 0 Å². The van der Waals surface area contributed by atoms with Crippen molar-refractivity contribution < 1.29 is 9.59 Å². The second-order valence-electron chi connectivity index (χ2n) is 7.50. The van der Waals surface area contributed by atoms with Crippen LogP contribution in [0.1, 0.15) is 33.0 Å². The first kappa shape index (κ1) is 22.2. The van der Waals surface area contributed by atoms with Crippen LogP contribution >= 0.6 is 0 Å². The van der Waals surface area contributed by atoms with Gasteiger partial charge in [0.2, 0.25) is 11.8 Å². The summed E-state index contributed by atoms with van der Waals surface area (Å²) in [6, 6.07) is 14.3. The van der Waals surface area contributed by atoms with Crippen molar-refractivity contribution in [3.63, 3.8) is 0 Å². The third-order valence-electron chi connectivity index (χ3n) is 5.04. The average molecular weight is 422 g/mol. The van der Waals surface area contributed by atoms with Gasteiger partial charge in [0.05, 0.1) is 24.0 Å². The molecule has 2 amide bonds. The van der Waals surface area contributed by atoms with E-state index in [4.69, 9.17) is 0 Å². The van der Waals surface area contributed by atoms with E-state index < -0.39 is 0 Å². The van der Waals surface area contributed by atoms with Gasteiger partial charge in [0.1, 0.15) is 5.82 Å². The molecule has 0 aliphatic heterocycles. The molecule has 1 aromatic heterocycles. The van der Waals surface area contributed by atoms with Gasteiger partial charge in [0.15, 0.2) is 0 Å². The molecular weight excluding hydrogens is 394 g/mol. The van der Waals surface area contributed by atoms with Gasteiger partial charge in [0.25, 0.3) is 5.56 Å². The van der Waals surface area contributed by atoms with Crippen molar-refractivity contribution in [3.8, 4) is 0 Å². The maximum absolute atomic E-state index is 12.7. The maximum Gasteiger partial charge on any atom is 0.258 e. The summed E-state index contributed by atoms with van der Waals surface area (Å²) in [5, 5.41) is 6.10. The highest BCUT2D eigenvalue weighted by Gasteiger charge is 2.18. The zero-order valence-corrected chi connectivity index (χ0v) is 17.9. The largest absolute Gasteiger partial charge is 0.326 e. The molecule has 1 unspecified atom stereocenters. The number of nitrogens with one attached hydrogen (secondary N) is 3. The average Bonchev–Trinajstić information content (AvgIpc) is 2.72. The number of benzene rings is 2. The number of rotatable bonds is 8. The van der Waals surface area contributed by atoms with Crippen LogP contribution in [0.3, 0.4) is 0 Å². The van der Waals surface area contributed by atoms with Crippen LogP contribution in [-0.4, -0.2) is 39.3 Å². The number of carbonyl (C=O) groups is 2. The lowest BCUT2D eigenvalue weighted by Gasteiger charge is -2.27. The lowest BCUT2D eigenvalue weighted by Crippen LogP contribution is -2.39. The topological polar surface area (TPSA) is 107 Å². The molecule has 0 aliphatic rings. The van der Waals surface area contributed by atoms with Crippen molar-refractivity contribution in [2.75, 3.05) is 17.2 Å². The first-order valence-electron chi connectivity index (χ1n) is 10.2. The van der Waals surface area contributed by atoms with Crippen molar-refractivity contribution in [1.82, 2.24) is 14.9 Å². The van der Waals surface area contributed by atoms with Gasteiger partial charge in [-0.3, -0.25) is 19.3 Å². The summed E-state index contributed by atoms with van der Waals surface area (Å²) >= 11 is 0.